The summed E-state index contributed by atoms with van der Waals surface area (Å²) in [4.78, 5) is 26.2. The first-order chi connectivity index (χ1) is 11.5. The van der Waals surface area contributed by atoms with Crippen molar-refractivity contribution in [2.45, 2.75) is 57.5 Å². The number of carbonyl (C=O) groups excluding carboxylic acids is 2. The molecule has 1 saturated heterocycles. The van der Waals surface area contributed by atoms with Gasteiger partial charge in [0.2, 0.25) is 5.91 Å². The first-order valence-electron chi connectivity index (χ1n) is 8.69. The number of anilines is 1. The fourth-order valence-corrected chi connectivity index (χ4v) is 3.50. The van der Waals surface area contributed by atoms with Gasteiger partial charge < -0.3 is 15.5 Å². The summed E-state index contributed by atoms with van der Waals surface area (Å²) >= 11 is 0. The van der Waals surface area contributed by atoms with Gasteiger partial charge in [-0.15, -0.1) is 0 Å². The van der Waals surface area contributed by atoms with E-state index in [-0.39, 0.29) is 23.8 Å². The average Bonchev–Trinajstić information content (AvgIpc) is 2.92. The highest BCUT2D eigenvalue weighted by Crippen LogP contribution is 2.24. The second-order valence-corrected chi connectivity index (χ2v) is 6.72. The van der Waals surface area contributed by atoms with Crippen LogP contribution in [-0.2, 0) is 4.79 Å². The molecule has 1 aromatic carbocycles. The lowest BCUT2D eigenvalue weighted by atomic mass is 9.96. The quantitative estimate of drug-likeness (QED) is 0.893. The predicted octanol–water partition coefficient (Wildman–Crippen LogP) is 2.87. The van der Waals surface area contributed by atoms with Crippen LogP contribution >= 0.6 is 0 Å². The van der Waals surface area contributed by atoms with Crippen molar-refractivity contribution in [3.63, 3.8) is 0 Å². The highest BCUT2D eigenvalue weighted by molar-refractivity contribution is 6.01. The third kappa shape index (κ3) is 3.68. The lowest BCUT2D eigenvalue weighted by Crippen LogP contribution is -2.49. The molecule has 3 rings (SSSR count). The number of benzene rings is 1. The van der Waals surface area contributed by atoms with Crippen LogP contribution in [0.5, 0.6) is 0 Å². The number of hydrogen-bond acceptors (Lipinski definition) is 2. The Bertz CT molecular complexity index is 629. The molecule has 1 aliphatic heterocycles. The zero-order valence-electron chi connectivity index (χ0n) is 14.0. The van der Waals surface area contributed by atoms with Crippen molar-refractivity contribution < 1.29 is 14.0 Å². The summed E-state index contributed by atoms with van der Waals surface area (Å²) < 4.78 is 13.4. The normalized spacial score (nSPS) is 21.8. The van der Waals surface area contributed by atoms with E-state index in [1.165, 1.54) is 12.5 Å². The number of nitrogens with zero attached hydrogens (tertiary/aromatic N) is 1. The van der Waals surface area contributed by atoms with E-state index in [1.807, 2.05) is 0 Å². The van der Waals surface area contributed by atoms with Gasteiger partial charge in [-0.05, 0) is 49.9 Å². The van der Waals surface area contributed by atoms with Crippen molar-refractivity contribution in [3.05, 3.63) is 29.6 Å². The van der Waals surface area contributed by atoms with E-state index in [1.54, 1.807) is 24.0 Å². The first-order valence-corrected chi connectivity index (χ1v) is 8.69. The number of nitrogens with one attached hydrogen (secondary N) is 2. The molecule has 1 aromatic rings. The Kier molecular flexibility index (Phi) is 5.02. The van der Waals surface area contributed by atoms with E-state index < -0.39 is 6.04 Å². The van der Waals surface area contributed by atoms with Crippen LogP contribution in [0.15, 0.2) is 18.2 Å². The molecule has 5 nitrogen and oxygen atoms in total. The number of aryl methyl sites for hydroxylation is 1. The molecule has 0 spiro atoms. The second kappa shape index (κ2) is 7.20. The highest BCUT2D eigenvalue weighted by atomic mass is 19.1. The van der Waals surface area contributed by atoms with E-state index in [2.05, 4.69) is 10.6 Å². The molecule has 1 heterocycles. The molecule has 6 heteroatoms. The molecular weight excluding hydrogens is 309 g/mol. The molecule has 2 aliphatic rings. The molecule has 2 N–H and O–H groups in total. The van der Waals surface area contributed by atoms with Crippen LogP contribution in [0.3, 0.4) is 0 Å². The SMILES string of the molecule is Cc1cc(N2CC[C@@H](NC(=O)NC3CCCCC3)C2=O)ccc1F. The fourth-order valence-electron chi connectivity index (χ4n) is 3.50. The van der Waals surface area contributed by atoms with Gasteiger partial charge in [-0.1, -0.05) is 19.3 Å². The second-order valence-electron chi connectivity index (χ2n) is 6.72. The molecule has 3 amide bonds. The molecule has 2 fully saturated rings. The van der Waals surface area contributed by atoms with E-state index in [4.69, 9.17) is 0 Å². The molecular formula is C18H24FN3O2. The van der Waals surface area contributed by atoms with E-state index >= 15 is 0 Å². The average molecular weight is 333 g/mol. The van der Waals surface area contributed by atoms with E-state index in [0.29, 0.717) is 24.2 Å². The molecule has 1 aliphatic carbocycles. The van der Waals surface area contributed by atoms with Gasteiger partial charge in [-0.25, -0.2) is 9.18 Å². The minimum absolute atomic E-state index is 0.139. The zero-order chi connectivity index (χ0) is 17.1. The van der Waals surface area contributed by atoms with Gasteiger partial charge in [0.25, 0.3) is 0 Å². The van der Waals surface area contributed by atoms with Gasteiger partial charge in [0.1, 0.15) is 11.9 Å². The smallest absolute Gasteiger partial charge is 0.315 e. The minimum Gasteiger partial charge on any atom is -0.335 e. The topological polar surface area (TPSA) is 61.4 Å². The van der Waals surface area contributed by atoms with Gasteiger partial charge in [0.05, 0.1) is 0 Å². The third-order valence-electron chi connectivity index (χ3n) is 4.90. The highest BCUT2D eigenvalue weighted by Gasteiger charge is 2.34. The van der Waals surface area contributed by atoms with Crippen molar-refractivity contribution in [3.8, 4) is 0 Å². The summed E-state index contributed by atoms with van der Waals surface area (Å²) in [5, 5.41) is 5.75. The van der Waals surface area contributed by atoms with Crippen molar-refractivity contribution in [1.82, 2.24) is 10.6 Å². The van der Waals surface area contributed by atoms with Gasteiger partial charge in [-0.3, -0.25) is 4.79 Å². The Morgan fingerprint density at radius 2 is 1.92 bits per heavy atom. The lowest BCUT2D eigenvalue weighted by molar-refractivity contribution is -0.118. The summed E-state index contributed by atoms with van der Waals surface area (Å²) in [7, 11) is 0. The molecule has 0 bridgehead atoms. The van der Waals surface area contributed by atoms with Crippen molar-refractivity contribution in [2.75, 3.05) is 11.4 Å². The Balaban J connectivity index is 1.57. The standard InChI is InChI=1S/C18H24FN3O2/c1-12-11-14(7-8-15(12)19)22-10-9-16(17(22)23)21-18(24)20-13-5-3-2-4-6-13/h7-8,11,13,16H,2-6,9-10H2,1H3,(H2,20,21,24)/t16-/m1/s1. The Hall–Kier alpha value is -2.11. The number of hydrogen-bond donors (Lipinski definition) is 2. The van der Waals surface area contributed by atoms with Crippen LogP contribution in [0.4, 0.5) is 14.9 Å². The van der Waals surface area contributed by atoms with Crippen molar-refractivity contribution in [2.24, 2.45) is 0 Å². The summed E-state index contributed by atoms with van der Waals surface area (Å²) in [6.07, 6.45) is 6.09. The Morgan fingerprint density at radius 3 is 2.62 bits per heavy atom. The largest absolute Gasteiger partial charge is 0.335 e. The maximum atomic E-state index is 13.4. The van der Waals surface area contributed by atoms with Crippen molar-refractivity contribution >= 4 is 17.6 Å². The first kappa shape index (κ1) is 16.7. The van der Waals surface area contributed by atoms with E-state index in [9.17, 15) is 14.0 Å². The summed E-state index contributed by atoms with van der Waals surface area (Å²) in [5.74, 6) is -0.424. The number of urea groups is 1. The van der Waals surface area contributed by atoms with Crippen molar-refractivity contribution in [1.29, 1.82) is 0 Å². The minimum atomic E-state index is -0.515. The summed E-state index contributed by atoms with van der Waals surface area (Å²) in [6, 6.07) is 4.07. The maximum absolute atomic E-state index is 13.4. The molecule has 1 atom stereocenters. The zero-order valence-corrected chi connectivity index (χ0v) is 14.0. The van der Waals surface area contributed by atoms with Crippen LogP contribution < -0.4 is 15.5 Å². The van der Waals surface area contributed by atoms with Gasteiger partial charge in [0, 0.05) is 18.3 Å². The predicted molar refractivity (Wildman–Crippen MR) is 90.4 cm³/mol. The molecule has 0 unspecified atom stereocenters. The van der Waals surface area contributed by atoms with Gasteiger partial charge >= 0.3 is 6.03 Å². The Labute approximate surface area is 141 Å². The molecule has 1 saturated carbocycles. The monoisotopic (exact) mass is 333 g/mol. The molecule has 0 aromatic heterocycles. The number of rotatable bonds is 3. The maximum Gasteiger partial charge on any atom is 0.315 e. The molecule has 130 valence electrons. The van der Waals surface area contributed by atoms with Crippen LogP contribution in [0.1, 0.15) is 44.1 Å². The van der Waals surface area contributed by atoms with E-state index in [0.717, 1.165) is 25.7 Å². The number of carbonyl (C=O) groups is 2. The van der Waals surface area contributed by atoms with Crippen LogP contribution in [0.25, 0.3) is 0 Å². The summed E-state index contributed by atoms with van der Waals surface area (Å²) in [6.45, 7) is 2.20. The van der Waals surface area contributed by atoms with Gasteiger partial charge in [-0.2, -0.15) is 0 Å². The molecule has 24 heavy (non-hydrogen) atoms. The third-order valence-corrected chi connectivity index (χ3v) is 4.90. The molecule has 0 radical (unpaired) electrons. The fraction of sp³-hybridized carbons (Fsp3) is 0.556. The van der Waals surface area contributed by atoms with Crippen LogP contribution in [0.2, 0.25) is 0 Å². The van der Waals surface area contributed by atoms with Crippen LogP contribution in [0, 0.1) is 12.7 Å². The van der Waals surface area contributed by atoms with Gasteiger partial charge in [0.15, 0.2) is 0 Å². The number of amides is 3. The van der Waals surface area contributed by atoms with Crippen LogP contribution in [-0.4, -0.2) is 30.6 Å². The number of halogens is 1. The summed E-state index contributed by atoms with van der Waals surface area (Å²) in [5.41, 5.74) is 1.18. The Morgan fingerprint density at radius 1 is 1.17 bits per heavy atom. The lowest BCUT2D eigenvalue weighted by Gasteiger charge is -2.24.